The molecule has 0 amide bonds. The molecule has 1 aliphatic carbocycles. The lowest BCUT2D eigenvalue weighted by Gasteiger charge is -2.10. The number of ether oxygens (including phenoxy) is 1. The molecule has 0 N–H and O–H groups in total. The molecule has 0 aromatic heterocycles. The van der Waals surface area contributed by atoms with Crippen LogP contribution in [0, 0.1) is 0 Å². The Labute approximate surface area is 93.6 Å². The summed E-state index contributed by atoms with van der Waals surface area (Å²) in [5.41, 5.74) is 1.34. The number of rotatable bonds is 3. The van der Waals surface area contributed by atoms with E-state index in [1.165, 1.54) is 18.4 Å². The fourth-order valence-corrected chi connectivity index (χ4v) is 2.24. The molecule has 0 atom stereocenters. The van der Waals surface area contributed by atoms with E-state index in [4.69, 9.17) is 4.74 Å². The van der Waals surface area contributed by atoms with E-state index < -0.39 is 0 Å². The molecule has 1 aromatic carbocycles. The minimum absolute atomic E-state index is 0.479. The van der Waals surface area contributed by atoms with E-state index in [0.717, 1.165) is 10.2 Å². The fraction of sp³-hybridized carbons (Fsp3) is 0.500. The molecular weight excluding hydrogens is 240 g/mol. The van der Waals surface area contributed by atoms with Crippen LogP contribution in [0.5, 0.6) is 5.75 Å². The summed E-state index contributed by atoms with van der Waals surface area (Å²) in [6, 6.07) is 6.29. The number of hydrogen-bond acceptors (Lipinski definition) is 1. The minimum atomic E-state index is 0.479. The van der Waals surface area contributed by atoms with Gasteiger partial charge in [-0.25, -0.2) is 0 Å². The molecule has 2 heteroatoms. The molecule has 0 heterocycles. The van der Waals surface area contributed by atoms with Gasteiger partial charge in [0, 0.05) is 4.47 Å². The lowest BCUT2D eigenvalue weighted by Crippen LogP contribution is -1.97. The van der Waals surface area contributed by atoms with Gasteiger partial charge in [-0.3, -0.25) is 0 Å². The maximum atomic E-state index is 5.71. The third-order valence-electron chi connectivity index (χ3n) is 2.42. The summed E-state index contributed by atoms with van der Waals surface area (Å²) in [6.45, 7) is 4.39. The molecule has 0 spiro atoms. The largest absolute Gasteiger partial charge is 0.490 e. The van der Waals surface area contributed by atoms with Crippen LogP contribution in [0.3, 0.4) is 0 Å². The summed E-state index contributed by atoms with van der Waals surface area (Å²) in [4.78, 5) is 0. The lowest BCUT2D eigenvalue weighted by atomic mass is 10.0. The molecule has 76 valence electrons. The second kappa shape index (κ2) is 3.93. The van der Waals surface area contributed by atoms with Gasteiger partial charge in [-0.15, -0.1) is 0 Å². The van der Waals surface area contributed by atoms with Crippen LogP contribution in [0.4, 0.5) is 0 Å². The highest BCUT2D eigenvalue weighted by Gasteiger charge is 2.23. The number of halogens is 1. The third-order valence-corrected chi connectivity index (χ3v) is 3.11. The van der Waals surface area contributed by atoms with Crippen molar-refractivity contribution < 1.29 is 4.74 Å². The first-order valence-corrected chi connectivity index (χ1v) is 5.92. The standard InChI is InChI=1S/C12H15BrO/c1-8(2)11-6-5-10(7-12(11)13)14-9-3-4-9/h5-9H,3-4H2,1-2H3. The van der Waals surface area contributed by atoms with Crippen LogP contribution >= 0.6 is 15.9 Å². The summed E-state index contributed by atoms with van der Waals surface area (Å²) in [6.07, 6.45) is 2.90. The first kappa shape index (κ1) is 10.0. The van der Waals surface area contributed by atoms with E-state index in [9.17, 15) is 0 Å². The Morgan fingerprint density at radius 1 is 1.36 bits per heavy atom. The zero-order chi connectivity index (χ0) is 10.1. The highest BCUT2D eigenvalue weighted by molar-refractivity contribution is 9.10. The predicted molar refractivity (Wildman–Crippen MR) is 61.9 cm³/mol. The quantitative estimate of drug-likeness (QED) is 0.789. The zero-order valence-corrected chi connectivity index (χ0v) is 10.2. The molecule has 1 saturated carbocycles. The molecule has 1 aromatic rings. The van der Waals surface area contributed by atoms with Crippen LogP contribution in [0.1, 0.15) is 38.2 Å². The third kappa shape index (κ3) is 2.30. The summed E-state index contributed by atoms with van der Waals surface area (Å²) in [5.74, 6) is 1.54. The first-order chi connectivity index (χ1) is 6.66. The van der Waals surface area contributed by atoms with Crippen LogP contribution in [-0.4, -0.2) is 6.10 Å². The smallest absolute Gasteiger partial charge is 0.120 e. The molecule has 0 saturated heterocycles. The molecule has 1 aliphatic rings. The maximum Gasteiger partial charge on any atom is 0.120 e. The van der Waals surface area contributed by atoms with Gasteiger partial charge in [0.25, 0.3) is 0 Å². The average molecular weight is 255 g/mol. The van der Waals surface area contributed by atoms with Crippen LogP contribution < -0.4 is 4.74 Å². The Bertz CT molecular complexity index is 329. The zero-order valence-electron chi connectivity index (χ0n) is 8.59. The maximum absolute atomic E-state index is 5.71. The number of benzene rings is 1. The van der Waals surface area contributed by atoms with E-state index in [2.05, 4.69) is 48.0 Å². The van der Waals surface area contributed by atoms with Gasteiger partial charge in [0.15, 0.2) is 0 Å². The summed E-state index contributed by atoms with van der Waals surface area (Å²) >= 11 is 3.58. The molecule has 14 heavy (non-hydrogen) atoms. The van der Waals surface area contributed by atoms with Crippen molar-refractivity contribution in [1.29, 1.82) is 0 Å². The summed E-state index contributed by atoms with van der Waals surface area (Å²) in [5, 5.41) is 0. The molecule has 0 radical (unpaired) electrons. The Morgan fingerprint density at radius 3 is 2.57 bits per heavy atom. The van der Waals surface area contributed by atoms with Gasteiger partial charge in [-0.2, -0.15) is 0 Å². The molecule has 0 bridgehead atoms. The van der Waals surface area contributed by atoms with Crippen molar-refractivity contribution in [2.75, 3.05) is 0 Å². The van der Waals surface area contributed by atoms with E-state index in [1.54, 1.807) is 0 Å². The lowest BCUT2D eigenvalue weighted by molar-refractivity contribution is 0.303. The Kier molecular flexibility index (Phi) is 2.82. The normalized spacial score (nSPS) is 16.0. The van der Waals surface area contributed by atoms with E-state index in [1.807, 2.05) is 0 Å². The predicted octanol–water partition coefficient (Wildman–Crippen LogP) is 4.11. The topological polar surface area (TPSA) is 9.23 Å². The molecule has 1 fully saturated rings. The van der Waals surface area contributed by atoms with Gasteiger partial charge in [0.05, 0.1) is 6.10 Å². The van der Waals surface area contributed by atoms with Gasteiger partial charge in [0.1, 0.15) is 5.75 Å². The molecule has 1 nitrogen and oxygen atoms in total. The molecule has 0 aliphatic heterocycles. The summed E-state index contributed by atoms with van der Waals surface area (Å²) < 4.78 is 6.87. The van der Waals surface area contributed by atoms with Gasteiger partial charge in [0.2, 0.25) is 0 Å². The van der Waals surface area contributed by atoms with Crippen LogP contribution in [-0.2, 0) is 0 Å². The number of hydrogen-bond donors (Lipinski definition) is 0. The van der Waals surface area contributed by atoms with Crippen molar-refractivity contribution >= 4 is 15.9 Å². The van der Waals surface area contributed by atoms with Crippen molar-refractivity contribution in [2.45, 2.75) is 38.7 Å². The second-order valence-electron chi connectivity index (χ2n) is 4.16. The van der Waals surface area contributed by atoms with Gasteiger partial charge >= 0.3 is 0 Å². The van der Waals surface area contributed by atoms with Crippen molar-refractivity contribution in [3.63, 3.8) is 0 Å². The van der Waals surface area contributed by atoms with Crippen molar-refractivity contribution in [2.24, 2.45) is 0 Å². The molecule has 0 unspecified atom stereocenters. The van der Waals surface area contributed by atoms with Crippen molar-refractivity contribution in [3.05, 3.63) is 28.2 Å². The molecule has 2 rings (SSSR count). The Balaban J connectivity index is 2.16. The minimum Gasteiger partial charge on any atom is -0.490 e. The summed E-state index contributed by atoms with van der Waals surface area (Å²) in [7, 11) is 0. The Morgan fingerprint density at radius 2 is 2.07 bits per heavy atom. The van der Waals surface area contributed by atoms with Crippen LogP contribution in [0.15, 0.2) is 22.7 Å². The SMILES string of the molecule is CC(C)c1ccc(OC2CC2)cc1Br. The monoisotopic (exact) mass is 254 g/mol. The van der Waals surface area contributed by atoms with E-state index in [-0.39, 0.29) is 0 Å². The van der Waals surface area contributed by atoms with E-state index in [0.29, 0.717) is 12.0 Å². The van der Waals surface area contributed by atoms with Crippen molar-refractivity contribution in [3.8, 4) is 5.75 Å². The van der Waals surface area contributed by atoms with Crippen LogP contribution in [0.25, 0.3) is 0 Å². The van der Waals surface area contributed by atoms with E-state index >= 15 is 0 Å². The fourth-order valence-electron chi connectivity index (χ4n) is 1.43. The van der Waals surface area contributed by atoms with Crippen LogP contribution in [0.2, 0.25) is 0 Å². The average Bonchev–Trinajstić information content (AvgIpc) is 2.87. The van der Waals surface area contributed by atoms with Crippen molar-refractivity contribution in [1.82, 2.24) is 0 Å². The second-order valence-corrected chi connectivity index (χ2v) is 5.01. The van der Waals surface area contributed by atoms with Gasteiger partial charge < -0.3 is 4.74 Å². The highest BCUT2D eigenvalue weighted by atomic mass is 79.9. The Hall–Kier alpha value is -0.500. The first-order valence-electron chi connectivity index (χ1n) is 5.13. The van der Waals surface area contributed by atoms with Gasteiger partial charge in [-0.05, 0) is 36.5 Å². The van der Waals surface area contributed by atoms with Gasteiger partial charge in [-0.1, -0.05) is 35.8 Å². The highest BCUT2D eigenvalue weighted by Crippen LogP contribution is 2.32. The molecular formula is C12H15BrO.